The molecule has 0 aliphatic carbocycles. The smallest absolute Gasteiger partial charge is 0.123 e. The molecule has 0 bridgehead atoms. The molecule has 0 atom stereocenters. The molecule has 3 aromatic rings. The Hall–Kier alpha value is -1.43. The molecule has 0 radical (unpaired) electrons. The van der Waals surface area contributed by atoms with Crippen molar-refractivity contribution >= 4 is 34.5 Å². The first-order valence-corrected chi connectivity index (χ1v) is 11.1. The van der Waals surface area contributed by atoms with Crippen LogP contribution < -0.4 is 0 Å². The highest BCUT2D eigenvalue weighted by molar-refractivity contribution is 7.13. The molecule has 0 unspecified atom stereocenters. The van der Waals surface area contributed by atoms with E-state index in [9.17, 15) is 0 Å². The molecule has 28 heavy (non-hydrogen) atoms. The van der Waals surface area contributed by atoms with E-state index in [4.69, 9.17) is 28.2 Å². The second-order valence-electron chi connectivity index (χ2n) is 7.26. The monoisotopic (exact) mass is 431 g/mol. The maximum atomic E-state index is 6.32. The molecule has 0 spiro atoms. The number of thiazole rings is 1. The van der Waals surface area contributed by atoms with Crippen LogP contribution in [0.1, 0.15) is 16.8 Å². The Morgan fingerprint density at radius 2 is 1.50 bits per heavy atom. The molecule has 1 saturated heterocycles. The molecule has 146 valence electrons. The molecule has 0 amide bonds. The fraction of sp³-hybridized carbons (Fsp3) is 0.318. The third-order valence-corrected chi connectivity index (χ3v) is 6.79. The molecule has 1 aliphatic heterocycles. The molecular weight excluding hydrogens is 409 g/mol. The van der Waals surface area contributed by atoms with Crippen molar-refractivity contribution in [1.29, 1.82) is 0 Å². The van der Waals surface area contributed by atoms with Crippen LogP contribution in [0.4, 0.5) is 0 Å². The van der Waals surface area contributed by atoms with E-state index in [1.54, 1.807) is 11.3 Å². The topological polar surface area (TPSA) is 19.4 Å². The van der Waals surface area contributed by atoms with Crippen molar-refractivity contribution in [2.45, 2.75) is 20.0 Å². The van der Waals surface area contributed by atoms with E-state index in [1.807, 2.05) is 18.2 Å². The standard InChI is InChI=1S/C22H23Cl2N3S/c1-16-5-7-17(8-6-16)22-25-18(15-28-22)13-26-9-11-27(12-10-26)14-19-20(23)3-2-4-21(19)24/h2-8,15H,9-14H2,1H3. The number of hydrogen-bond acceptors (Lipinski definition) is 4. The Morgan fingerprint density at radius 3 is 2.14 bits per heavy atom. The van der Waals surface area contributed by atoms with Crippen LogP contribution in [0.25, 0.3) is 10.6 Å². The van der Waals surface area contributed by atoms with Gasteiger partial charge < -0.3 is 0 Å². The summed E-state index contributed by atoms with van der Waals surface area (Å²) in [6, 6.07) is 14.3. The lowest BCUT2D eigenvalue weighted by atomic mass is 10.2. The highest BCUT2D eigenvalue weighted by Gasteiger charge is 2.19. The molecular formula is C22H23Cl2N3S. The maximum absolute atomic E-state index is 6.32. The van der Waals surface area contributed by atoms with Crippen LogP contribution in [-0.4, -0.2) is 41.0 Å². The quantitative estimate of drug-likeness (QED) is 0.512. The summed E-state index contributed by atoms with van der Waals surface area (Å²) >= 11 is 14.4. The summed E-state index contributed by atoms with van der Waals surface area (Å²) in [6.07, 6.45) is 0. The van der Waals surface area contributed by atoms with Crippen molar-refractivity contribution in [3.63, 3.8) is 0 Å². The van der Waals surface area contributed by atoms with Gasteiger partial charge in [0.05, 0.1) is 5.69 Å². The molecule has 0 N–H and O–H groups in total. The van der Waals surface area contributed by atoms with E-state index in [-0.39, 0.29) is 0 Å². The number of piperazine rings is 1. The molecule has 0 saturated carbocycles. The number of benzene rings is 2. The highest BCUT2D eigenvalue weighted by atomic mass is 35.5. The maximum Gasteiger partial charge on any atom is 0.123 e. The third-order valence-electron chi connectivity index (χ3n) is 5.14. The zero-order valence-electron chi connectivity index (χ0n) is 15.9. The minimum absolute atomic E-state index is 0.751. The van der Waals surface area contributed by atoms with Crippen LogP contribution in [0.2, 0.25) is 10.0 Å². The Kier molecular flexibility index (Phi) is 6.34. The van der Waals surface area contributed by atoms with E-state index < -0.39 is 0 Å². The minimum atomic E-state index is 0.751. The van der Waals surface area contributed by atoms with E-state index in [1.165, 1.54) is 11.1 Å². The van der Waals surface area contributed by atoms with Crippen LogP contribution in [0, 0.1) is 6.92 Å². The second kappa shape index (κ2) is 8.93. The summed E-state index contributed by atoms with van der Waals surface area (Å²) in [5, 5.41) is 4.79. The molecule has 6 heteroatoms. The van der Waals surface area contributed by atoms with Crippen molar-refractivity contribution in [3.05, 3.63) is 74.7 Å². The van der Waals surface area contributed by atoms with Gasteiger partial charge in [-0.25, -0.2) is 4.98 Å². The van der Waals surface area contributed by atoms with Crippen molar-refractivity contribution in [2.24, 2.45) is 0 Å². The van der Waals surface area contributed by atoms with Crippen molar-refractivity contribution in [2.75, 3.05) is 26.2 Å². The van der Waals surface area contributed by atoms with Gasteiger partial charge in [0.15, 0.2) is 0 Å². The number of aryl methyl sites for hydroxylation is 1. The summed E-state index contributed by atoms with van der Waals surface area (Å²) in [7, 11) is 0. The van der Waals surface area contributed by atoms with Gasteiger partial charge in [-0.3, -0.25) is 9.80 Å². The predicted octanol–water partition coefficient (Wildman–Crippen LogP) is 5.74. The lowest BCUT2D eigenvalue weighted by Crippen LogP contribution is -2.45. The van der Waals surface area contributed by atoms with Crippen LogP contribution in [-0.2, 0) is 13.1 Å². The lowest BCUT2D eigenvalue weighted by Gasteiger charge is -2.34. The normalized spacial score (nSPS) is 15.8. The van der Waals surface area contributed by atoms with Gasteiger partial charge in [0, 0.05) is 65.8 Å². The number of hydrogen-bond donors (Lipinski definition) is 0. The molecule has 1 aromatic heterocycles. The lowest BCUT2D eigenvalue weighted by molar-refractivity contribution is 0.121. The van der Waals surface area contributed by atoms with Crippen molar-refractivity contribution in [3.8, 4) is 10.6 Å². The van der Waals surface area contributed by atoms with E-state index in [2.05, 4.69) is 46.4 Å². The van der Waals surface area contributed by atoms with Gasteiger partial charge in [0.25, 0.3) is 0 Å². The Bertz CT molecular complexity index is 911. The summed E-state index contributed by atoms with van der Waals surface area (Å²) in [6.45, 7) is 7.89. The van der Waals surface area contributed by atoms with Gasteiger partial charge in [-0.15, -0.1) is 11.3 Å². The highest BCUT2D eigenvalue weighted by Crippen LogP contribution is 2.27. The average Bonchev–Trinajstić information content (AvgIpc) is 3.15. The molecule has 1 fully saturated rings. The number of rotatable bonds is 5. The first-order chi connectivity index (χ1) is 13.6. The van der Waals surface area contributed by atoms with Crippen LogP contribution in [0.3, 0.4) is 0 Å². The Labute approximate surface area is 180 Å². The van der Waals surface area contributed by atoms with Crippen molar-refractivity contribution in [1.82, 2.24) is 14.8 Å². The third kappa shape index (κ3) is 4.76. The van der Waals surface area contributed by atoms with Crippen LogP contribution >= 0.6 is 34.5 Å². The number of aromatic nitrogens is 1. The first kappa shape index (κ1) is 19.9. The summed E-state index contributed by atoms with van der Waals surface area (Å²) in [4.78, 5) is 9.73. The van der Waals surface area contributed by atoms with Crippen LogP contribution in [0.15, 0.2) is 47.8 Å². The largest absolute Gasteiger partial charge is 0.296 e. The summed E-state index contributed by atoms with van der Waals surface area (Å²) in [5.74, 6) is 0. The van der Waals surface area contributed by atoms with Gasteiger partial charge in [-0.2, -0.15) is 0 Å². The zero-order chi connectivity index (χ0) is 19.5. The van der Waals surface area contributed by atoms with Gasteiger partial charge in [-0.05, 0) is 19.1 Å². The van der Waals surface area contributed by atoms with Crippen molar-refractivity contribution < 1.29 is 0 Å². The van der Waals surface area contributed by atoms with Gasteiger partial charge in [0.1, 0.15) is 5.01 Å². The first-order valence-electron chi connectivity index (χ1n) is 9.47. The molecule has 1 aliphatic rings. The zero-order valence-corrected chi connectivity index (χ0v) is 18.2. The Balaban J connectivity index is 1.32. The van der Waals surface area contributed by atoms with Gasteiger partial charge >= 0.3 is 0 Å². The summed E-state index contributed by atoms with van der Waals surface area (Å²) in [5.41, 5.74) is 4.66. The predicted molar refractivity (Wildman–Crippen MR) is 119 cm³/mol. The van der Waals surface area contributed by atoms with E-state index in [0.717, 1.165) is 65.6 Å². The van der Waals surface area contributed by atoms with E-state index >= 15 is 0 Å². The number of halogens is 2. The molecule has 2 aromatic carbocycles. The van der Waals surface area contributed by atoms with E-state index in [0.29, 0.717) is 0 Å². The molecule has 2 heterocycles. The summed E-state index contributed by atoms with van der Waals surface area (Å²) < 4.78 is 0. The fourth-order valence-corrected chi connectivity index (χ4v) is 4.78. The second-order valence-corrected chi connectivity index (χ2v) is 8.94. The molecule has 4 rings (SSSR count). The average molecular weight is 432 g/mol. The SMILES string of the molecule is Cc1ccc(-c2nc(CN3CCN(Cc4c(Cl)cccc4Cl)CC3)cs2)cc1. The van der Waals surface area contributed by atoms with Gasteiger partial charge in [-0.1, -0.05) is 59.1 Å². The minimum Gasteiger partial charge on any atom is -0.296 e. The Morgan fingerprint density at radius 1 is 0.893 bits per heavy atom. The fourth-order valence-electron chi connectivity index (χ4n) is 3.45. The van der Waals surface area contributed by atoms with Gasteiger partial charge in [0.2, 0.25) is 0 Å². The molecule has 3 nitrogen and oxygen atoms in total. The van der Waals surface area contributed by atoms with Crippen LogP contribution in [0.5, 0.6) is 0 Å². The number of nitrogens with zero attached hydrogens (tertiary/aromatic N) is 3.